The zero-order chi connectivity index (χ0) is 20.5. The van der Waals surface area contributed by atoms with Gasteiger partial charge in [-0.3, -0.25) is 0 Å². The molecule has 1 saturated carbocycles. The number of pyridine rings is 1. The van der Waals surface area contributed by atoms with Crippen molar-refractivity contribution >= 4 is 28.2 Å². The van der Waals surface area contributed by atoms with Crippen LogP contribution in [0.25, 0.3) is 21.9 Å². The number of nitrogens with zero attached hydrogens (tertiary/aromatic N) is 1. The van der Waals surface area contributed by atoms with Gasteiger partial charge in [0.1, 0.15) is 11.4 Å². The predicted molar refractivity (Wildman–Crippen MR) is 120 cm³/mol. The van der Waals surface area contributed by atoms with Crippen molar-refractivity contribution in [1.29, 1.82) is 0 Å². The lowest BCUT2D eigenvalue weighted by Crippen LogP contribution is -2.08. The van der Waals surface area contributed by atoms with Gasteiger partial charge in [0, 0.05) is 17.3 Å². The van der Waals surface area contributed by atoms with Crippen molar-refractivity contribution in [3.05, 3.63) is 90.1 Å². The second kappa shape index (κ2) is 7.64. The third-order valence-corrected chi connectivity index (χ3v) is 5.61. The molecule has 0 atom stereocenters. The monoisotopic (exact) mass is 394 g/mol. The molecular formula is C26H22N2O2. The van der Waals surface area contributed by atoms with E-state index in [0.29, 0.717) is 17.3 Å². The molecule has 1 N–H and O–H groups in total. The number of carbonyl (C=O) groups excluding carboxylic acids is 1. The van der Waals surface area contributed by atoms with E-state index in [1.807, 2.05) is 42.6 Å². The summed E-state index contributed by atoms with van der Waals surface area (Å²) in [6.07, 6.45) is 4.17. The van der Waals surface area contributed by atoms with Gasteiger partial charge in [-0.25, -0.2) is 9.78 Å². The second-order valence-electron chi connectivity index (χ2n) is 7.66. The van der Waals surface area contributed by atoms with Gasteiger partial charge in [-0.15, -0.1) is 0 Å². The molecule has 30 heavy (non-hydrogen) atoms. The van der Waals surface area contributed by atoms with Gasteiger partial charge in [0.25, 0.3) is 0 Å². The summed E-state index contributed by atoms with van der Waals surface area (Å²) in [7, 11) is 1.40. The maximum absolute atomic E-state index is 12.4. The molecule has 5 rings (SSSR count). The highest BCUT2D eigenvalue weighted by atomic mass is 16.5. The minimum atomic E-state index is -0.377. The first-order valence-corrected chi connectivity index (χ1v) is 10.2. The van der Waals surface area contributed by atoms with E-state index < -0.39 is 0 Å². The van der Waals surface area contributed by atoms with Crippen molar-refractivity contribution in [1.82, 2.24) is 4.98 Å². The van der Waals surface area contributed by atoms with E-state index in [0.717, 1.165) is 46.0 Å². The first-order valence-electron chi connectivity index (χ1n) is 10.2. The molecule has 3 aromatic carbocycles. The Hall–Kier alpha value is -3.66. The first kappa shape index (κ1) is 18.4. The Morgan fingerprint density at radius 1 is 0.967 bits per heavy atom. The fourth-order valence-electron chi connectivity index (χ4n) is 3.81. The van der Waals surface area contributed by atoms with Crippen LogP contribution in [0.4, 0.5) is 11.5 Å². The lowest BCUT2D eigenvalue weighted by Gasteiger charge is -2.14. The van der Waals surface area contributed by atoms with Crippen LogP contribution in [-0.2, 0) is 4.74 Å². The molecule has 1 aromatic heterocycles. The molecule has 1 aliphatic rings. The number of esters is 1. The minimum absolute atomic E-state index is 0.377. The number of carbonyl (C=O) groups is 1. The van der Waals surface area contributed by atoms with Gasteiger partial charge in [-0.1, -0.05) is 54.6 Å². The SMILES string of the molecule is COC(=O)c1cc(C2CC2)cnc1Nc1cccc2ccc(-c3ccccc3)cc12. The number of hydrogen-bond donors (Lipinski definition) is 1. The van der Waals surface area contributed by atoms with Gasteiger partial charge in [-0.2, -0.15) is 0 Å². The molecule has 1 fully saturated rings. The van der Waals surface area contributed by atoms with E-state index in [1.54, 1.807) is 0 Å². The van der Waals surface area contributed by atoms with Crippen molar-refractivity contribution in [2.24, 2.45) is 0 Å². The topological polar surface area (TPSA) is 51.2 Å². The van der Waals surface area contributed by atoms with E-state index in [1.165, 1.54) is 7.11 Å². The van der Waals surface area contributed by atoms with E-state index in [-0.39, 0.29) is 5.97 Å². The Balaban J connectivity index is 1.57. The first-order chi connectivity index (χ1) is 14.7. The number of anilines is 2. The number of methoxy groups -OCH3 is 1. The number of nitrogens with one attached hydrogen (secondary N) is 1. The molecule has 0 radical (unpaired) electrons. The van der Waals surface area contributed by atoms with Crippen LogP contribution in [-0.4, -0.2) is 18.1 Å². The second-order valence-corrected chi connectivity index (χ2v) is 7.66. The minimum Gasteiger partial charge on any atom is -0.465 e. The summed E-state index contributed by atoms with van der Waals surface area (Å²) in [5, 5.41) is 5.58. The molecular weight excluding hydrogens is 372 g/mol. The number of ether oxygens (including phenoxy) is 1. The van der Waals surface area contributed by atoms with Crippen LogP contribution in [0.1, 0.15) is 34.7 Å². The largest absolute Gasteiger partial charge is 0.465 e. The van der Waals surface area contributed by atoms with E-state index >= 15 is 0 Å². The number of benzene rings is 3. The Morgan fingerprint density at radius 3 is 2.57 bits per heavy atom. The average Bonchev–Trinajstić information content (AvgIpc) is 3.65. The van der Waals surface area contributed by atoms with Crippen molar-refractivity contribution < 1.29 is 9.53 Å². The van der Waals surface area contributed by atoms with Crippen molar-refractivity contribution in [3.8, 4) is 11.1 Å². The highest BCUT2D eigenvalue weighted by molar-refractivity contribution is 6.00. The van der Waals surface area contributed by atoms with Crippen LogP contribution in [0, 0.1) is 0 Å². The summed E-state index contributed by atoms with van der Waals surface area (Å²) in [5.41, 5.74) is 4.78. The van der Waals surface area contributed by atoms with Crippen molar-refractivity contribution in [2.75, 3.05) is 12.4 Å². The maximum atomic E-state index is 12.4. The Kier molecular flexibility index (Phi) is 4.68. The molecule has 1 heterocycles. The van der Waals surface area contributed by atoms with Crippen molar-refractivity contribution in [3.63, 3.8) is 0 Å². The van der Waals surface area contributed by atoms with Gasteiger partial charge in [-0.05, 0) is 59.0 Å². The van der Waals surface area contributed by atoms with E-state index in [9.17, 15) is 4.79 Å². The lowest BCUT2D eigenvalue weighted by molar-refractivity contribution is 0.0601. The van der Waals surface area contributed by atoms with Crippen molar-refractivity contribution in [2.45, 2.75) is 18.8 Å². The van der Waals surface area contributed by atoms with Crippen LogP contribution in [0.2, 0.25) is 0 Å². The smallest absolute Gasteiger partial charge is 0.341 e. The van der Waals surface area contributed by atoms with Gasteiger partial charge in [0.2, 0.25) is 0 Å². The van der Waals surface area contributed by atoms with Gasteiger partial charge in [0.05, 0.1) is 7.11 Å². The van der Waals surface area contributed by atoms with Gasteiger partial charge < -0.3 is 10.1 Å². The van der Waals surface area contributed by atoms with Crippen LogP contribution >= 0.6 is 0 Å². The summed E-state index contributed by atoms with van der Waals surface area (Å²) in [5.74, 6) is 0.655. The highest BCUT2D eigenvalue weighted by Crippen LogP contribution is 2.41. The summed E-state index contributed by atoms with van der Waals surface area (Å²) >= 11 is 0. The van der Waals surface area contributed by atoms with E-state index in [2.05, 4.69) is 46.7 Å². The fourth-order valence-corrected chi connectivity index (χ4v) is 3.81. The lowest BCUT2D eigenvalue weighted by atomic mass is 10.00. The van der Waals surface area contributed by atoms with Gasteiger partial charge in [0.15, 0.2) is 0 Å². The number of fused-ring (bicyclic) bond motifs is 1. The number of rotatable bonds is 5. The molecule has 148 valence electrons. The standard InChI is InChI=1S/C26H22N2O2/c1-30-26(29)23-15-21(18-10-11-18)16-27-25(23)28-24-9-5-8-19-12-13-20(14-22(19)24)17-6-3-2-4-7-17/h2-9,12-16,18H,10-11H2,1H3,(H,27,28). The van der Waals surface area contributed by atoms with E-state index in [4.69, 9.17) is 4.74 Å². The predicted octanol–water partition coefficient (Wildman–Crippen LogP) is 6.31. The van der Waals surface area contributed by atoms with Crippen LogP contribution in [0.5, 0.6) is 0 Å². The Bertz CT molecular complexity index is 1230. The fraction of sp³-hybridized carbons (Fsp3) is 0.154. The van der Waals surface area contributed by atoms with Crippen LogP contribution < -0.4 is 5.32 Å². The molecule has 0 saturated heterocycles. The number of hydrogen-bond acceptors (Lipinski definition) is 4. The molecule has 0 bridgehead atoms. The molecule has 0 unspecified atom stereocenters. The maximum Gasteiger partial charge on any atom is 0.341 e. The average molecular weight is 394 g/mol. The molecule has 0 amide bonds. The molecule has 0 spiro atoms. The normalized spacial score (nSPS) is 13.2. The zero-order valence-electron chi connectivity index (χ0n) is 16.8. The molecule has 4 heteroatoms. The highest BCUT2D eigenvalue weighted by Gasteiger charge is 2.26. The number of aromatic nitrogens is 1. The quantitative estimate of drug-likeness (QED) is 0.403. The molecule has 4 nitrogen and oxygen atoms in total. The Labute approximate surface area is 175 Å². The third-order valence-electron chi connectivity index (χ3n) is 5.61. The van der Waals surface area contributed by atoms with Crippen LogP contribution in [0.15, 0.2) is 79.0 Å². The molecule has 4 aromatic rings. The third kappa shape index (κ3) is 3.52. The zero-order valence-corrected chi connectivity index (χ0v) is 16.8. The molecule has 0 aliphatic heterocycles. The molecule has 1 aliphatic carbocycles. The summed E-state index contributed by atoms with van der Waals surface area (Å²) < 4.78 is 5.02. The summed E-state index contributed by atoms with van der Waals surface area (Å²) in [6, 6.07) is 24.7. The summed E-state index contributed by atoms with van der Waals surface area (Å²) in [4.78, 5) is 17.0. The Morgan fingerprint density at radius 2 is 1.80 bits per heavy atom. The van der Waals surface area contributed by atoms with Gasteiger partial charge >= 0.3 is 5.97 Å². The summed E-state index contributed by atoms with van der Waals surface area (Å²) in [6.45, 7) is 0. The van der Waals surface area contributed by atoms with Crippen LogP contribution in [0.3, 0.4) is 0 Å².